The molecule has 0 saturated carbocycles. The minimum atomic E-state index is -0.685. The highest BCUT2D eigenvalue weighted by Gasteiger charge is 2.13. The van der Waals surface area contributed by atoms with Crippen molar-refractivity contribution in [2.75, 3.05) is 14.1 Å². The van der Waals surface area contributed by atoms with Gasteiger partial charge in [0.2, 0.25) is 0 Å². The molecule has 0 spiro atoms. The zero-order valence-electron chi connectivity index (χ0n) is 9.31. The number of nitro benzene ring substituents is 1. The molecule has 0 aliphatic rings. The summed E-state index contributed by atoms with van der Waals surface area (Å²) < 4.78 is 18.4. The molecule has 5 nitrogen and oxygen atoms in total. The molecule has 0 amide bonds. The van der Waals surface area contributed by atoms with Crippen molar-refractivity contribution in [2.45, 2.75) is 13.2 Å². The zero-order valence-corrected chi connectivity index (χ0v) is 9.31. The van der Waals surface area contributed by atoms with Crippen molar-refractivity contribution in [3.8, 4) is 5.75 Å². The summed E-state index contributed by atoms with van der Waals surface area (Å²) in [5.41, 5.74) is -0.319. The molecule has 1 unspecified atom stereocenters. The highest BCUT2D eigenvalue weighted by molar-refractivity contribution is 5.38. The largest absolute Gasteiger partial charge is 0.475 e. The topological polar surface area (TPSA) is 55.6 Å². The Hall–Kier alpha value is -1.69. The van der Waals surface area contributed by atoms with Crippen LogP contribution in [0.5, 0.6) is 5.75 Å². The molecule has 0 fully saturated rings. The Balaban J connectivity index is 2.92. The van der Waals surface area contributed by atoms with Crippen LogP contribution < -0.4 is 4.74 Å². The SMILES string of the molecule is CC(Oc1cc(F)cc([N+](=O)[O-])c1)N(C)C. The average Bonchev–Trinajstić information content (AvgIpc) is 2.16. The number of hydrogen-bond acceptors (Lipinski definition) is 4. The number of nitrogens with zero attached hydrogens (tertiary/aromatic N) is 2. The number of benzene rings is 1. The molecule has 1 atom stereocenters. The summed E-state index contributed by atoms with van der Waals surface area (Å²) in [6.07, 6.45) is -0.290. The molecule has 0 aliphatic heterocycles. The van der Waals surface area contributed by atoms with Gasteiger partial charge in [0, 0.05) is 6.07 Å². The van der Waals surface area contributed by atoms with E-state index in [1.807, 2.05) is 0 Å². The maximum Gasteiger partial charge on any atom is 0.276 e. The lowest BCUT2D eigenvalue weighted by Crippen LogP contribution is -2.30. The van der Waals surface area contributed by atoms with Gasteiger partial charge in [-0.3, -0.25) is 15.0 Å². The first kappa shape index (κ1) is 12.4. The molecule has 0 aromatic heterocycles. The quantitative estimate of drug-likeness (QED) is 0.449. The van der Waals surface area contributed by atoms with Crippen LogP contribution in [0.15, 0.2) is 18.2 Å². The van der Waals surface area contributed by atoms with E-state index in [0.29, 0.717) is 0 Å². The third-order valence-corrected chi connectivity index (χ3v) is 2.10. The maximum absolute atomic E-state index is 13.0. The molecule has 0 N–H and O–H groups in total. The lowest BCUT2D eigenvalue weighted by Gasteiger charge is -2.21. The number of hydrogen-bond donors (Lipinski definition) is 0. The molecular formula is C10H13FN2O3. The number of nitro groups is 1. The van der Waals surface area contributed by atoms with Crippen LogP contribution in [0.25, 0.3) is 0 Å². The highest BCUT2D eigenvalue weighted by Crippen LogP contribution is 2.22. The summed E-state index contributed by atoms with van der Waals surface area (Å²) in [6, 6.07) is 3.17. The van der Waals surface area contributed by atoms with Gasteiger partial charge in [-0.1, -0.05) is 0 Å². The minimum absolute atomic E-state index is 0.146. The predicted octanol–water partition coefficient (Wildman–Crippen LogP) is 2.02. The van der Waals surface area contributed by atoms with Crippen LogP contribution in [-0.4, -0.2) is 30.1 Å². The number of non-ortho nitro benzene ring substituents is 1. The first-order valence-corrected chi connectivity index (χ1v) is 4.68. The smallest absolute Gasteiger partial charge is 0.276 e. The monoisotopic (exact) mass is 228 g/mol. The summed E-state index contributed by atoms with van der Waals surface area (Å²) in [5.74, 6) is -0.539. The van der Waals surface area contributed by atoms with E-state index < -0.39 is 10.7 Å². The van der Waals surface area contributed by atoms with E-state index >= 15 is 0 Å². The maximum atomic E-state index is 13.0. The van der Waals surface area contributed by atoms with Crippen molar-refractivity contribution in [3.05, 3.63) is 34.1 Å². The predicted molar refractivity (Wildman–Crippen MR) is 56.8 cm³/mol. The van der Waals surface area contributed by atoms with Gasteiger partial charge in [0.05, 0.1) is 17.1 Å². The summed E-state index contributed by atoms with van der Waals surface area (Å²) in [4.78, 5) is 11.6. The second-order valence-corrected chi connectivity index (χ2v) is 3.58. The van der Waals surface area contributed by atoms with Crippen molar-refractivity contribution in [1.82, 2.24) is 4.90 Å². The highest BCUT2D eigenvalue weighted by atomic mass is 19.1. The molecular weight excluding hydrogens is 215 g/mol. The number of ether oxygens (including phenoxy) is 1. The molecule has 1 aromatic rings. The third-order valence-electron chi connectivity index (χ3n) is 2.10. The van der Waals surface area contributed by atoms with E-state index in [1.165, 1.54) is 6.07 Å². The van der Waals surface area contributed by atoms with E-state index in [9.17, 15) is 14.5 Å². The zero-order chi connectivity index (χ0) is 12.3. The van der Waals surface area contributed by atoms with Gasteiger partial charge in [-0.15, -0.1) is 0 Å². The van der Waals surface area contributed by atoms with Gasteiger partial charge >= 0.3 is 0 Å². The van der Waals surface area contributed by atoms with E-state index in [-0.39, 0.29) is 17.7 Å². The Morgan fingerprint density at radius 3 is 2.56 bits per heavy atom. The molecule has 16 heavy (non-hydrogen) atoms. The van der Waals surface area contributed by atoms with Crippen molar-refractivity contribution >= 4 is 5.69 Å². The number of halogens is 1. The molecule has 6 heteroatoms. The van der Waals surface area contributed by atoms with Gasteiger partial charge in [0.1, 0.15) is 17.8 Å². The second kappa shape index (κ2) is 4.89. The fraction of sp³-hybridized carbons (Fsp3) is 0.400. The van der Waals surface area contributed by atoms with E-state index in [2.05, 4.69) is 0 Å². The Kier molecular flexibility index (Phi) is 3.78. The van der Waals surface area contributed by atoms with Crippen LogP contribution in [0.4, 0.5) is 10.1 Å². The Morgan fingerprint density at radius 2 is 2.06 bits per heavy atom. The van der Waals surface area contributed by atoms with Crippen LogP contribution in [-0.2, 0) is 0 Å². The molecule has 1 rings (SSSR count). The van der Waals surface area contributed by atoms with Crippen LogP contribution in [0.2, 0.25) is 0 Å². The fourth-order valence-electron chi connectivity index (χ4n) is 1.02. The summed E-state index contributed by atoms with van der Waals surface area (Å²) in [7, 11) is 3.58. The van der Waals surface area contributed by atoms with Gasteiger partial charge in [0.15, 0.2) is 0 Å². The van der Waals surface area contributed by atoms with E-state index in [1.54, 1.807) is 25.9 Å². The van der Waals surface area contributed by atoms with Crippen molar-refractivity contribution in [2.24, 2.45) is 0 Å². The van der Waals surface area contributed by atoms with E-state index in [0.717, 1.165) is 12.1 Å². The van der Waals surface area contributed by atoms with Crippen molar-refractivity contribution in [1.29, 1.82) is 0 Å². The lowest BCUT2D eigenvalue weighted by atomic mass is 10.3. The average molecular weight is 228 g/mol. The first-order valence-electron chi connectivity index (χ1n) is 4.68. The third kappa shape index (κ3) is 3.16. The Bertz CT molecular complexity index is 396. The summed E-state index contributed by atoms with van der Waals surface area (Å²) in [5, 5.41) is 10.5. The van der Waals surface area contributed by atoms with Crippen LogP contribution in [0, 0.1) is 15.9 Å². The molecule has 88 valence electrons. The Morgan fingerprint density at radius 1 is 1.44 bits per heavy atom. The minimum Gasteiger partial charge on any atom is -0.475 e. The van der Waals surface area contributed by atoms with Gasteiger partial charge in [-0.05, 0) is 21.0 Å². The van der Waals surface area contributed by atoms with E-state index in [4.69, 9.17) is 4.74 Å². The molecule has 0 bridgehead atoms. The normalized spacial score (nSPS) is 12.6. The van der Waals surface area contributed by atoms with Crippen LogP contribution >= 0.6 is 0 Å². The van der Waals surface area contributed by atoms with Crippen molar-refractivity contribution < 1.29 is 14.1 Å². The van der Waals surface area contributed by atoms with Gasteiger partial charge in [0.25, 0.3) is 5.69 Å². The Labute approximate surface area is 92.6 Å². The molecule has 0 aliphatic carbocycles. The van der Waals surface area contributed by atoms with Crippen LogP contribution in [0.1, 0.15) is 6.92 Å². The molecule has 0 heterocycles. The number of rotatable bonds is 4. The van der Waals surface area contributed by atoms with Gasteiger partial charge in [-0.25, -0.2) is 4.39 Å². The van der Waals surface area contributed by atoms with Crippen molar-refractivity contribution in [3.63, 3.8) is 0 Å². The molecule has 0 radical (unpaired) electrons. The summed E-state index contributed by atoms with van der Waals surface area (Å²) >= 11 is 0. The van der Waals surface area contributed by atoms with Gasteiger partial charge < -0.3 is 4.74 Å². The second-order valence-electron chi connectivity index (χ2n) is 3.58. The standard InChI is InChI=1S/C10H13FN2O3/c1-7(12(2)3)16-10-5-8(11)4-9(6-10)13(14)15/h4-7H,1-3H3. The lowest BCUT2D eigenvalue weighted by molar-refractivity contribution is -0.385. The van der Waals surface area contributed by atoms with Gasteiger partial charge in [-0.2, -0.15) is 0 Å². The molecule has 0 saturated heterocycles. The fourth-order valence-corrected chi connectivity index (χ4v) is 1.02. The van der Waals surface area contributed by atoms with Crippen LogP contribution in [0.3, 0.4) is 0 Å². The first-order chi connectivity index (χ1) is 7.40. The molecule has 1 aromatic carbocycles. The summed E-state index contributed by atoms with van der Waals surface area (Å²) in [6.45, 7) is 1.76.